The maximum Gasteiger partial charge on any atom is 0.142 e. The Morgan fingerprint density at radius 1 is 1.45 bits per heavy atom. The van der Waals surface area contributed by atoms with E-state index in [0.717, 1.165) is 24.2 Å². The van der Waals surface area contributed by atoms with Crippen LogP contribution in [0.3, 0.4) is 0 Å². The highest BCUT2D eigenvalue weighted by Crippen LogP contribution is 2.30. The maximum absolute atomic E-state index is 13.6. The minimum absolute atomic E-state index is 0.158. The highest BCUT2D eigenvalue weighted by atomic mass is 35.5. The molecular weight excluding hydrogens is 305 g/mol. The molecule has 1 saturated heterocycles. The molecular formula is C16H19ClFN3O. The van der Waals surface area contributed by atoms with Crippen LogP contribution in [0.4, 0.5) is 4.39 Å². The lowest BCUT2D eigenvalue weighted by Crippen LogP contribution is -2.47. The van der Waals surface area contributed by atoms with Crippen LogP contribution in [-0.4, -0.2) is 34.4 Å². The molecule has 0 bridgehead atoms. The molecule has 4 nitrogen and oxygen atoms in total. The van der Waals surface area contributed by atoms with Crippen molar-refractivity contribution in [3.05, 3.63) is 52.6 Å². The molecule has 6 heteroatoms. The molecule has 0 spiro atoms. The van der Waals surface area contributed by atoms with Gasteiger partial charge in [-0.15, -0.1) is 0 Å². The van der Waals surface area contributed by atoms with Gasteiger partial charge in [0, 0.05) is 38.4 Å². The number of ether oxygens (including phenoxy) is 1. The number of hydrogen-bond donors (Lipinski definition) is 0. The van der Waals surface area contributed by atoms with E-state index in [2.05, 4.69) is 16.9 Å². The van der Waals surface area contributed by atoms with Crippen molar-refractivity contribution in [1.29, 1.82) is 0 Å². The molecule has 2 aromatic rings. The highest BCUT2D eigenvalue weighted by molar-refractivity contribution is 6.30. The second-order valence-corrected chi connectivity index (χ2v) is 6.35. The van der Waals surface area contributed by atoms with E-state index in [4.69, 9.17) is 16.3 Å². The second kappa shape index (κ2) is 5.99. The van der Waals surface area contributed by atoms with Gasteiger partial charge in [0.15, 0.2) is 0 Å². The largest absolute Gasteiger partial charge is 0.368 e. The molecule has 1 aliphatic heterocycles. The van der Waals surface area contributed by atoms with Gasteiger partial charge in [0.05, 0.1) is 17.8 Å². The van der Waals surface area contributed by atoms with Crippen LogP contribution in [0.25, 0.3) is 0 Å². The molecule has 0 radical (unpaired) electrons. The molecule has 1 atom stereocenters. The topological polar surface area (TPSA) is 30.3 Å². The fourth-order valence-electron chi connectivity index (χ4n) is 2.85. The van der Waals surface area contributed by atoms with Gasteiger partial charge >= 0.3 is 0 Å². The SMILES string of the molecule is Cn1cc(C2(C)CN(Cc3ccc(Cl)c(F)c3)CCO2)cn1. The normalized spacial score (nSPS) is 22.9. The summed E-state index contributed by atoms with van der Waals surface area (Å²) >= 11 is 5.73. The number of halogens is 2. The van der Waals surface area contributed by atoms with E-state index in [1.54, 1.807) is 10.7 Å². The van der Waals surface area contributed by atoms with Gasteiger partial charge in [0.1, 0.15) is 11.4 Å². The minimum atomic E-state index is -0.391. The number of hydrogen-bond acceptors (Lipinski definition) is 3. The van der Waals surface area contributed by atoms with Crippen molar-refractivity contribution in [3.63, 3.8) is 0 Å². The Hall–Kier alpha value is -1.43. The first-order chi connectivity index (χ1) is 10.5. The number of nitrogens with zero attached hydrogens (tertiary/aromatic N) is 3. The Bertz CT molecular complexity index is 675. The van der Waals surface area contributed by atoms with Gasteiger partial charge in [-0.05, 0) is 24.6 Å². The molecule has 1 aliphatic rings. The van der Waals surface area contributed by atoms with Crippen LogP contribution in [0.2, 0.25) is 5.02 Å². The average molecular weight is 324 g/mol. The van der Waals surface area contributed by atoms with Crippen molar-refractivity contribution in [1.82, 2.24) is 14.7 Å². The lowest BCUT2D eigenvalue weighted by molar-refractivity contribution is -0.105. The van der Waals surface area contributed by atoms with E-state index < -0.39 is 5.60 Å². The molecule has 0 N–H and O–H groups in total. The highest BCUT2D eigenvalue weighted by Gasteiger charge is 2.34. The van der Waals surface area contributed by atoms with Crippen molar-refractivity contribution in [2.45, 2.75) is 19.1 Å². The van der Waals surface area contributed by atoms with Crippen LogP contribution in [0.15, 0.2) is 30.6 Å². The summed E-state index contributed by atoms with van der Waals surface area (Å²) in [7, 11) is 1.89. The number of benzene rings is 1. The third-order valence-corrected chi connectivity index (χ3v) is 4.37. The van der Waals surface area contributed by atoms with Gasteiger partial charge < -0.3 is 4.74 Å². The van der Waals surface area contributed by atoms with Crippen molar-refractivity contribution < 1.29 is 9.13 Å². The van der Waals surface area contributed by atoms with Gasteiger partial charge in [-0.25, -0.2) is 4.39 Å². The molecule has 0 aliphatic carbocycles. The van der Waals surface area contributed by atoms with Crippen molar-refractivity contribution in [3.8, 4) is 0 Å². The average Bonchev–Trinajstić information content (AvgIpc) is 2.91. The summed E-state index contributed by atoms with van der Waals surface area (Å²) in [6.45, 7) is 4.94. The molecule has 2 heterocycles. The first-order valence-electron chi connectivity index (χ1n) is 7.26. The Kier molecular flexibility index (Phi) is 4.21. The predicted octanol–water partition coefficient (Wildman–Crippen LogP) is 2.96. The standard InChI is InChI=1S/C16H19ClFN3O/c1-16(13-8-19-20(2)10-13)11-21(5-6-22-16)9-12-3-4-14(17)15(18)7-12/h3-4,7-8,10H,5-6,9,11H2,1-2H3. The van der Waals surface area contributed by atoms with Crippen LogP contribution in [0.1, 0.15) is 18.1 Å². The van der Waals surface area contributed by atoms with Crippen LogP contribution in [-0.2, 0) is 23.9 Å². The third kappa shape index (κ3) is 3.16. The van der Waals surface area contributed by atoms with Gasteiger partial charge in [-0.3, -0.25) is 9.58 Å². The molecule has 1 fully saturated rings. The Labute approximate surface area is 134 Å². The Balaban J connectivity index is 1.74. The lowest BCUT2D eigenvalue weighted by Gasteiger charge is -2.40. The summed E-state index contributed by atoms with van der Waals surface area (Å²) in [6, 6.07) is 4.97. The number of rotatable bonds is 3. The van der Waals surface area contributed by atoms with E-state index in [-0.39, 0.29) is 10.8 Å². The third-order valence-electron chi connectivity index (χ3n) is 4.06. The van der Waals surface area contributed by atoms with Crippen molar-refractivity contribution in [2.75, 3.05) is 19.7 Å². The summed E-state index contributed by atoms with van der Waals surface area (Å²) in [5, 5.41) is 4.38. The van der Waals surface area contributed by atoms with E-state index in [0.29, 0.717) is 13.2 Å². The molecule has 3 rings (SSSR count). The maximum atomic E-state index is 13.6. The van der Waals surface area contributed by atoms with Gasteiger partial charge in [0.2, 0.25) is 0 Å². The first kappa shape index (κ1) is 15.5. The number of morpholine rings is 1. The smallest absolute Gasteiger partial charge is 0.142 e. The van der Waals surface area contributed by atoms with E-state index in [1.807, 2.05) is 25.5 Å². The summed E-state index contributed by atoms with van der Waals surface area (Å²) in [5.41, 5.74) is 1.58. The predicted molar refractivity (Wildman–Crippen MR) is 83.2 cm³/mol. The van der Waals surface area contributed by atoms with E-state index in [9.17, 15) is 4.39 Å². The van der Waals surface area contributed by atoms with Gasteiger partial charge in [-0.1, -0.05) is 17.7 Å². The number of aromatic nitrogens is 2. The first-order valence-corrected chi connectivity index (χ1v) is 7.63. The summed E-state index contributed by atoms with van der Waals surface area (Å²) < 4.78 is 21.3. The van der Waals surface area contributed by atoms with Crippen molar-refractivity contribution in [2.24, 2.45) is 7.05 Å². The molecule has 1 aromatic carbocycles. The molecule has 118 valence electrons. The van der Waals surface area contributed by atoms with Crippen LogP contribution in [0.5, 0.6) is 0 Å². The number of aryl methyl sites for hydroxylation is 1. The van der Waals surface area contributed by atoms with Crippen LogP contribution >= 0.6 is 11.6 Å². The van der Waals surface area contributed by atoms with Gasteiger partial charge in [0.25, 0.3) is 0 Å². The monoisotopic (exact) mass is 323 g/mol. The molecule has 0 amide bonds. The molecule has 22 heavy (non-hydrogen) atoms. The Morgan fingerprint density at radius 3 is 2.95 bits per heavy atom. The van der Waals surface area contributed by atoms with Crippen LogP contribution < -0.4 is 0 Å². The molecule has 1 aromatic heterocycles. The zero-order valence-corrected chi connectivity index (χ0v) is 13.5. The second-order valence-electron chi connectivity index (χ2n) is 5.94. The molecule has 0 saturated carbocycles. The summed E-state index contributed by atoms with van der Waals surface area (Å²) in [6.07, 6.45) is 3.82. The fraction of sp³-hybridized carbons (Fsp3) is 0.438. The minimum Gasteiger partial charge on any atom is -0.368 e. The fourth-order valence-corrected chi connectivity index (χ4v) is 2.97. The van der Waals surface area contributed by atoms with E-state index >= 15 is 0 Å². The summed E-state index contributed by atoms with van der Waals surface area (Å²) in [5.74, 6) is -0.373. The zero-order chi connectivity index (χ0) is 15.7. The van der Waals surface area contributed by atoms with Gasteiger partial charge in [-0.2, -0.15) is 5.10 Å². The summed E-state index contributed by atoms with van der Waals surface area (Å²) in [4.78, 5) is 2.26. The lowest BCUT2D eigenvalue weighted by atomic mass is 9.96. The Morgan fingerprint density at radius 2 is 2.27 bits per heavy atom. The van der Waals surface area contributed by atoms with Crippen molar-refractivity contribution >= 4 is 11.6 Å². The molecule has 1 unspecified atom stereocenters. The zero-order valence-electron chi connectivity index (χ0n) is 12.7. The van der Waals surface area contributed by atoms with E-state index in [1.165, 1.54) is 6.07 Å². The quantitative estimate of drug-likeness (QED) is 0.870. The van der Waals surface area contributed by atoms with Crippen LogP contribution in [0, 0.1) is 5.82 Å².